The lowest BCUT2D eigenvalue weighted by atomic mass is 10.1. The summed E-state index contributed by atoms with van der Waals surface area (Å²) >= 11 is 7.36. The van der Waals surface area contributed by atoms with Gasteiger partial charge in [0.05, 0.1) is 5.69 Å². The second-order valence-electron chi connectivity index (χ2n) is 6.72. The molecule has 3 rings (SSSR count). The Bertz CT molecular complexity index is 1130. The van der Waals surface area contributed by atoms with Crippen molar-refractivity contribution in [3.05, 3.63) is 67.5 Å². The Balaban J connectivity index is 1.83. The molecule has 0 saturated heterocycles. The normalized spacial score (nSPS) is 11.6. The molecule has 0 radical (unpaired) electrons. The molecule has 2 heterocycles. The predicted molar refractivity (Wildman–Crippen MR) is 123 cm³/mol. The van der Waals surface area contributed by atoms with Crippen LogP contribution in [0.15, 0.2) is 35.3 Å². The Kier molecular flexibility index (Phi) is 7.42. The van der Waals surface area contributed by atoms with Gasteiger partial charge in [-0.1, -0.05) is 67.1 Å². The number of rotatable bonds is 8. The molecular formula is C22H24ClN3O3S. The van der Waals surface area contributed by atoms with Crippen molar-refractivity contribution in [2.24, 2.45) is 0 Å². The number of hydrogen-bond acceptors (Lipinski definition) is 6. The zero-order chi connectivity index (χ0) is 21.7. The lowest BCUT2D eigenvalue weighted by molar-refractivity contribution is 0.0471. The van der Waals surface area contributed by atoms with Gasteiger partial charge in [-0.05, 0) is 37.2 Å². The first-order valence-corrected chi connectivity index (χ1v) is 11.0. The first-order valence-electron chi connectivity index (χ1n) is 9.79. The van der Waals surface area contributed by atoms with Gasteiger partial charge in [0.2, 0.25) is 0 Å². The number of carbonyl (C=O) groups is 1. The zero-order valence-electron chi connectivity index (χ0n) is 17.2. The number of halogens is 1. The van der Waals surface area contributed by atoms with Crippen LogP contribution in [0.25, 0.3) is 17.1 Å². The van der Waals surface area contributed by atoms with Crippen LogP contribution in [-0.2, 0) is 4.74 Å². The van der Waals surface area contributed by atoms with E-state index >= 15 is 0 Å². The standard InChI is InChI=1S/C22H24ClN3O3S/c1-4-25(5-2)12-13-29-21(28)18-14-26-20(27)19(23)17(24-22(26)30-18)11-10-16-9-7-6-8-15(16)3/h6-11,14H,4-5,12-13H2,1-3H3. The van der Waals surface area contributed by atoms with Crippen LogP contribution in [-0.4, -0.2) is 46.5 Å². The van der Waals surface area contributed by atoms with Crippen molar-refractivity contribution in [2.75, 3.05) is 26.2 Å². The number of aryl methyl sites for hydroxylation is 1. The van der Waals surface area contributed by atoms with Crippen molar-refractivity contribution in [1.82, 2.24) is 14.3 Å². The van der Waals surface area contributed by atoms with Gasteiger partial charge >= 0.3 is 5.97 Å². The smallest absolute Gasteiger partial charge is 0.350 e. The summed E-state index contributed by atoms with van der Waals surface area (Å²) in [5.41, 5.74) is 2.07. The lowest BCUT2D eigenvalue weighted by Gasteiger charge is -2.17. The molecule has 8 heteroatoms. The largest absolute Gasteiger partial charge is 0.460 e. The third-order valence-electron chi connectivity index (χ3n) is 4.85. The van der Waals surface area contributed by atoms with Gasteiger partial charge in [-0.15, -0.1) is 0 Å². The number of esters is 1. The quantitative estimate of drug-likeness (QED) is 0.481. The molecule has 2 aromatic heterocycles. The van der Waals surface area contributed by atoms with Crippen LogP contribution in [0, 0.1) is 6.92 Å². The molecule has 0 amide bonds. The Morgan fingerprint density at radius 1 is 1.27 bits per heavy atom. The van der Waals surface area contributed by atoms with Gasteiger partial charge in [0.1, 0.15) is 16.5 Å². The molecule has 0 saturated carbocycles. The molecule has 6 nitrogen and oxygen atoms in total. The highest BCUT2D eigenvalue weighted by Crippen LogP contribution is 2.21. The summed E-state index contributed by atoms with van der Waals surface area (Å²) in [4.78, 5) is 32.4. The van der Waals surface area contributed by atoms with Crippen molar-refractivity contribution in [1.29, 1.82) is 0 Å². The minimum absolute atomic E-state index is 0.0107. The monoisotopic (exact) mass is 445 g/mol. The number of carbonyl (C=O) groups excluding carboxylic acids is 1. The van der Waals surface area contributed by atoms with E-state index in [1.807, 2.05) is 37.3 Å². The number of benzene rings is 1. The zero-order valence-corrected chi connectivity index (χ0v) is 18.8. The predicted octanol–water partition coefficient (Wildman–Crippen LogP) is 4.39. The van der Waals surface area contributed by atoms with Crippen molar-refractivity contribution in [3.8, 4) is 0 Å². The number of hydrogen-bond donors (Lipinski definition) is 0. The van der Waals surface area contributed by atoms with Crippen molar-refractivity contribution >= 4 is 46.0 Å². The summed E-state index contributed by atoms with van der Waals surface area (Å²) < 4.78 is 6.64. The number of fused-ring (bicyclic) bond motifs is 1. The lowest BCUT2D eigenvalue weighted by Crippen LogP contribution is -2.27. The molecule has 158 valence electrons. The molecule has 0 atom stereocenters. The molecule has 0 aliphatic carbocycles. The van der Waals surface area contributed by atoms with Crippen LogP contribution in [0.5, 0.6) is 0 Å². The molecule has 0 aliphatic rings. The molecule has 3 aromatic rings. The van der Waals surface area contributed by atoms with Gasteiger partial charge in [0.25, 0.3) is 5.56 Å². The summed E-state index contributed by atoms with van der Waals surface area (Å²) in [5.74, 6) is -0.467. The fraction of sp³-hybridized carbons (Fsp3) is 0.318. The van der Waals surface area contributed by atoms with E-state index in [9.17, 15) is 9.59 Å². The van der Waals surface area contributed by atoms with E-state index in [0.29, 0.717) is 28.7 Å². The van der Waals surface area contributed by atoms with E-state index in [1.165, 1.54) is 10.6 Å². The van der Waals surface area contributed by atoms with Gasteiger partial charge < -0.3 is 9.64 Å². The van der Waals surface area contributed by atoms with Crippen LogP contribution in [0.2, 0.25) is 5.02 Å². The van der Waals surface area contributed by atoms with Gasteiger partial charge in [-0.3, -0.25) is 9.20 Å². The maximum atomic E-state index is 12.6. The van der Waals surface area contributed by atoms with E-state index < -0.39 is 11.5 Å². The second-order valence-corrected chi connectivity index (χ2v) is 8.10. The van der Waals surface area contributed by atoms with Crippen LogP contribution >= 0.6 is 22.9 Å². The Morgan fingerprint density at radius 2 is 2.00 bits per heavy atom. The Morgan fingerprint density at radius 3 is 2.70 bits per heavy atom. The average Bonchev–Trinajstić information content (AvgIpc) is 3.18. The fourth-order valence-corrected chi connectivity index (χ4v) is 4.03. The molecule has 0 N–H and O–H groups in total. The van der Waals surface area contributed by atoms with E-state index in [2.05, 4.69) is 23.7 Å². The highest BCUT2D eigenvalue weighted by molar-refractivity contribution is 7.18. The summed E-state index contributed by atoms with van der Waals surface area (Å²) in [6, 6.07) is 7.88. The van der Waals surface area contributed by atoms with E-state index in [0.717, 1.165) is 35.6 Å². The molecule has 0 spiro atoms. The molecule has 30 heavy (non-hydrogen) atoms. The summed E-state index contributed by atoms with van der Waals surface area (Å²) in [6.07, 6.45) is 5.03. The van der Waals surface area contributed by atoms with Crippen molar-refractivity contribution < 1.29 is 9.53 Å². The van der Waals surface area contributed by atoms with Crippen LogP contribution in [0.1, 0.15) is 40.3 Å². The van der Waals surface area contributed by atoms with Gasteiger partial charge in [-0.2, -0.15) is 0 Å². The molecular weight excluding hydrogens is 422 g/mol. The maximum Gasteiger partial charge on any atom is 0.350 e. The van der Waals surface area contributed by atoms with Crippen molar-refractivity contribution in [3.63, 3.8) is 0 Å². The number of likely N-dealkylation sites (N-methyl/N-ethyl adjacent to an activating group) is 1. The topological polar surface area (TPSA) is 63.9 Å². The summed E-state index contributed by atoms with van der Waals surface area (Å²) in [6.45, 7) is 8.88. The van der Waals surface area contributed by atoms with E-state index in [-0.39, 0.29) is 5.02 Å². The minimum atomic E-state index is -0.467. The van der Waals surface area contributed by atoms with Gasteiger partial charge in [0, 0.05) is 12.7 Å². The maximum absolute atomic E-state index is 12.6. The molecule has 0 unspecified atom stereocenters. The molecule has 0 fully saturated rings. The van der Waals surface area contributed by atoms with Crippen LogP contribution < -0.4 is 5.56 Å². The highest BCUT2D eigenvalue weighted by atomic mass is 35.5. The Hall–Kier alpha value is -2.48. The first kappa shape index (κ1) is 22.2. The van der Waals surface area contributed by atoms with Gasteiger partial charge in [-0.25, -0.2) is 9.78 Å². The minimum Gasteiger partial charge on any atom is -0.460 e. The van der Waals surface area contributed by atoms with E-state index in [4.69, 9.17) is 16.3 Å². The first-order chi connectivity index (χ1) is 14.4. The van der Waals surface area contributed by atoms with Crippen molar-refractivity contribution in [2.45, 2.75) is 20.8 Å². The summed E-state index contributed by atoms with van der Waals surface area (Å²) in [7, 11) is 0. The van der Waals surface area contributed by atoms with Gasteiger partial charge in [0.15, 0.2) is 4.96 Å². The number of thiazole rings is 1. The average molecular weight is 446 g/mol. The third-order valence-corrected chi connectivity index (χ3v) is 6.16. The summed E-state index contributed by atoms with van der Waals surface area (Å²) in [5, 5.41) is 0.0107. The number of ether oxygens (including phenoxy) is 1. The fourth-order valence-electron chi connectivity index (χ4n) is 2.96. The Labute approximate surface area is 184 Å². The van der Waals surface area contributed by atoms with E-state index in [1.54, 1.807) is 6.08 Å². The van der Waals surface area contributed by atoms with Crippen LogP contribution in [0.4, 0.5) is 0 Å². The molecule has 0 aliphatic heterocycles. The molecule has 1 aromatic carbocycles. The number of aromatic nitrogens is 2. The second kappa shape index (κ2) is 10.0. The third kappa shape index (κ3) is 4.98. The highest BCUT2D eigenvalue weighted by Gasteiger charge is 2.17. The molecule has 0 bridgehead atoms. The SMILES string of the molecule is CCN(CC)CCOC(=O)c1cn2c(=O)c(Cl)c(C=Cc3ccccc3C)nc2s1. The number of nitrogens with zero attached hydrogens (tertiary/aromatic N) is 3. The van der Waals surface area contributed by atoms with Crippen LogP contribution in [0.3, 0.4) is 0 Å².